The number of aromatic nitrogens is 2. The van der Waals surface area contributed by atoms with Crippen LogP contribution in [0, 0.1) is 9.39 Å². The van der Waals surface area contributed by atoms with Crippen molar-refractivity contribution < 1.29 is 9.18 Å². The van der Waals surface area contributed by atoms with Crippen LogP contribution in [0.1, 0.15) is 16.2 Å². The summed E-state index contributed by atoms with van der Waals surface area (Å²) in [6, 6.07) is 4.13. The molecule has 0 saturated carbocycles. The molecular weight excluding hydrogens is 322 g/mol. The lowest BCUT2D eigenvalue weighted by molar-refractivity contribution is 0.0990. The number of H-pyrrole nitrogens is 1. The first-order valence-corrected chi connectivity index (χ1v) is 5.71. The van der Waals surface area contributed by atoms with E-state index < -0.39 is 0 Å². The summed E-state index contributed by atoms with van der Waals surface area (Å²) in [5, 5.41) is 0. The third-order valence-corrected chi connectivity index (χ3v) is 3.01. The molecule has 3 nitrogen and oxygen atoms in total. The van der Waals surface area contributed by atoms with E-state index in [0.717, 1.165) is 0 Å². The molecule has 0 radical (unpaired) electrons. The highest BCUT2D eigenvalue weighted by atomic mass is 127. The molecule has 2 aromatic rings. The lowest BCUT2D eigenvalue weighted by Gasteiger charge is -2.02. The summed E-state index contributed by atoms with van der Waals surface area (Å²) < 4.78 is 13.5. The van der Waals surface area contributed by atoms with Crippen molar-refractivity contribution in [3.8, 4) is 0 Å². The number of hydrogen-bond acceptors (Lipinski definition) is 2. The lowest BCUT2D eigenvalue weighted by atomic mass is 10.1. The number of carbonyl (C=O) groups is 1. The molecule has 0 aliphatic heterocycles. The van der Waals surface area contributed by atoms with Gasteiger partial charge < -0.3 is 4.98 Å². The molecule has 1 aromatic heterocycles. The van der Waals surface area contributed by atoms with Gasteiger partial charge in [0.15, 0.2) is 5.78 Å². The fraction of sp³-hybridized carbons (Fsp3) is 0.0909. The van der Waals surface area contributed by atoms with Gasteiger partial charge in [-0.2, -0.15) is 0 Å². The van der Waals surface area contributed by atoms with Gasteiger partial charge in [0.05, 0.1) is 6.42 Å². The van der Waals surface area contributed by atoms with Gasteiger partial charge in [0.25, 0.3) is 0 Å². The van der Waals surface area contributed by atoms with Crippen LogP contribution in [0.25, 0.3) is 0 Å². The van der Waals surface area contributed by atoms with Crippen molar-refractivity contribution in [2.24, 2.45) is 0 Å². The van der Waals surface area contributed by atoms with Gasteiger partial charge in [0, 0.05) is 21.5 Å². The Hall–Kier alpha value is -1.24. The monoisotopic (exact) mass is 330 g/mol. The van der Waals surface area contributed by atoms with Crippen LogP contribution in [0.2, 0.25) is 0 Å². The number of Topliss-reactive ketones (excluding diaryl/α,β-unsaturated/α-hetero) is 1. The third-order valence-electron chi connectivity index (χ3n) is 2.11. The van der Waals surface area contributed by atoms with E-state index in [2.05, 4.69) is 9.97 Å². The molecular formula is C11H8FIN2O. The van der Waals surface area contributed by atoms with Crippen LogP contribution >= 0.6 is 22.6 Å². The smallest absolute Gasteiger partial charge is 0.171 e. The minimum atomic E-state index is -0.334. The molecule has 1 heterocycles. The third kappa shape index (κ3) is 2.46. The van der Waals surface area contributed by atoms with E-state index in [0.29, 0.717) is 15.0 Å². The molecule has 0 spiro atoms. The number of benzene rings is 1. The first-order valence-electron chi connectivity index (χ1n) is 4.63. The molecule has 0 aliphatic rings. The Morgan fingerprint density at radius 3 is 2.94 bits per heavy atom. The van der Waals surface area contributed by atoms with Crippen LogP contribution in [0.3, 0.4) is 0 Å². The van der Waals surface area contributed by atoms with Crippen LogP contribution in [-0.2, 0) is 6.42 Å². The van der Waals surface area contributed by atoms with E-state index in [9.17, 15) is 9.18 Å². The number of imidazole rings is 1. The van der Waals surface area contributed by atoms with Gasteiger partial charge in [0.1, 0.15) is 11.6 Å². The Morgan fingerprint density at radius 1 is 1.50 bits per heavy atom. The number of hydrogen-bond donors (Lipinski definition) is 1. The van der Waals surface area contributed by atoms with Gasteiger partial charge in [0.2, 0.25) is 0 Å². The average molecular weight is 330 g/mol. The molecule has 1 aromatic carbocycles. The largest absolute Gasteiger partial charge is 0.348 e. The Bertz CT molecular complexity index is 511. The topological polar surface area (TPSA) is 45.8 Å². The zero-order valence-electron chi connectivity index (χ0n) is 8.21. The Morgan fingerprint density at radius 2 is 2.31 bits per heavy atom. The fourth-order valence-corrected chi connectivity index (χ4v) is 2.14. The number of nitrogens with one attached hydrogen (secondary N) is 1. The Labute approximate surface area is 105 Å². The van der Waals surface area contributed by atoms with Gasteiger partial charge in [-0.3, -0.25) is 4.79 Å². The quantitative estimate of drug-likeness (QED) is 0.695. The summed E-state index contributed by atoms with van der Waals surface area (Å²) in [7, 11) is 0. The molecule has 0 amide bonds. The molecule has 0 bridgehead atoms. The second kappa shape index (κ2) is 4.73. The molecule has 1 N–H and O–H groups in total. The predicted molar refractivity (Wildman–Crippen MR) is 65.7 cm³/mol. The SMILES string of the molecule is O=C(Cc1ncc[nH]1)c1ccc(F)cc1I. The maximum Gasteiger partial charge on any atom is 0.171 e. The first-order chi connectivity index (χ1) is 7.66. The molecule has 5 heteroatoms. The summed E-state index contributed by atoms with van der Waals surface area (Å²) in [4.78, 5) is 18.7. The Balaban J connectivity index is 2.21. The van der Waals surface area contributed by atoms with E-state index in [-0.39, 0.29) is 18.0 Å². The minimum Gasteiger partial charge on any atom is -0.348 e. The highest BCUT2D eigenvalue weighted by Crippen LogP contribution is 2.15. The second-order valence-corrected chi connectivity index (χ2v) is 4.42. The lowest BCUT2D eigenvalue weighted by Crippen LogP contribution is -2.07. The summed E-state index contributed by atoms with van der Waals surface area (Å²) in [6.45, 7) is 0. The van der Waals surface area contributed by atoms with Crippen molar-refractivity contribution in [2.45, 2.75) is 6.42 Å². The molecule has 0 unspecified atom stereocenters. The first kappa shape index (κ1) is 11.3. The number of carbonyl (C=O) groups excluding carboxylic acids is 1. The molecule has 2 rings (SSSR count). The summed E-state index contributed by atoms with van der Waals surface area (Å²) in [5.41, 5.74) is 0.526. The molecule has 16 heavy (non-hydrogen) atoms. The van der Waals surface area contributed by atoms with E-state index in [1.54, 1.807) is 12.4 Å². The molecule has 0 atom stereocenters. The van der Waals surface area contributed by atoms with Gasteiger partial charge in [-0.25, -0.2) is 9.37 Å². The van der Waals surface area contributed by atoms with Gasteiger partial charge >= 0.3 is 0 Å². The van der Waals surface area contributed by atoms with Crippen molar-refractivity contribution in [1.82, 2.24) is 9.97 Å². The Kier molecular flexibility index (Phi) is 3.33. The standard InChI is InChI=1S/C11H8FIN2O/c12-7-1-2-8(9(13)5-7)10(16)6-11-14-3-4-15-11/h1-5H,6H2,(H,14,15). The minimum absolute atomic E-state index is 0.0700. The van der Waals surface area contributed by atoms with Gasteiger partial charge in [-0.15, -0.1) is 0 Å². The summed E-state index contributed by atoms with van der Waals surface area (Å²) in [6.07, 6.45) is 3.46. The number of aromatic amines is 1. The van der Waals surface area contributed by atoms with Crippen LogP contribution in [0.15, 0.2) is 30.6 Å². The number of ketones is 1. The van der Waals surface area contributed by atoms with Crippen molar-refractivity contribution in [3.63, 3.8) is 0 Å². The van der Waals surface area contributed by atoms with Crippen LogP contribution in [0.4, 0.5) is 4.39 Å². The highest BCUT2D eigenvalue weighted by molar-refractivity contribution is 14.1. The highest BCUT2D eigenvalue weighted by Gasteiger charge is 2.12. The number of halogens is 2. The maximum atomic E-state index is 12.9. The molecule has 0 aliphatic carbocycles. The average Bonchev–Trinajstić information content (AvgIpc) is 2.70. The normalized spacial score (nSPS) is 10.4. The van der Waals surface area contributed by atoms with E-state index in [1.807, 2.05) is 22.6 Å². The maximum absolute atomic E-state index is 12.9. The van der Waals surface area contributed by atoms with Crippen molar-refractivity contribution >= 4 is 28.4 Å². The van der Waals surface area contributed by atoms with Crippen LogP contribution < -0.4 is 0 Å². The number of nitrogens with zero attached hydrogens (tertiary/aromatic N) is 1. The van der Waals surface area contributed by atoms with Crippen LogP contribution in [-0.4, -0.2) is 15.8 Å². The van der Waals surface area contributed by atoms with E-state index >= 15 is 0 Å². The predicted octanol–water partition coefficient (Wildman–Crippen LogP) is 2.58. The van der Waals surface area contributed by atoms with Crippen LogP contribution in [0.5, 0.6) is 0 Å². The van der Waals surface area contributed by atoms with E-state index in [1.165, 1.54) is 18.2 Å². The second-order valence-electron chi connectivity index (χ2n) is 3.26. The van der Waals surface area contributed by atoms with Crippen molar-refractivity contribution in [1.29, 1.82) is 0 Å². The van der Waals surface area contributed by atoms with Crippen molar-refractivity contribution in [2.75, 3.05) is 0 Å². The number of rotatable bonds is 3. The van der Waals surface area contributed by atoms with E-state index in [4.69, 9.17) is 0 Å². The summed E-state index contributed by atoms with van der Waals surface area (Å²) in [5.74, 6) is 0.212. The summed E-state index contributed by atoms with van der Waals surface area (Å²) >= 11 is 1.95. The fourth-order valence-electron chi connectivity index (χ4n) is 1.36. The molecule has 82 valence electrons. The van der Waals surface area contributed by atoms with Gasteiger partial charge in [-0.1, -0.05) is 0 Å². The zero-order chi connectivity index (χ0) is 11.5. The zero-order valence-corrected chi connectivity index (χ0v) is 10.4. The van der Waals surface area contributed by atoms with Crippen molar-refractivity contribution in [3.05, 3.63) is 51.4 Å². The molecule has 0 saturated heterocycles. The molecule has 0 fully saturated rings. The van der Waals surface area contributed by atoms with Gasteiger partial charge in [-0.05, 0) is 40.8 Å².